The molecule has 4 heteroatoms. The Balaban J connectivity index is 2.15. The van der Waals surface area contributed by atoms with E-state index in [2.05, 4.69) is 5.16 Å². The highest BCUT2D eigenvalue weighted by molar-refractivity contribution is 5.64. The van der Waals surface area contributed by atoms with Crippen LogP contribution in [0.5, 0.6) is 0 Å². The minimum Gasteiger partial charge on any atom is -0.368 e. The number of halogens is 1. The topological polar surface area (TPSA) is 52.0 Å². The molecule has 0 spiro atoms. The fraction of sp³-hybridized carbons (Fsp3) is 0.250. The minimum atomic E-state index is -0.177. The number of aromatic nitrogens is 1. The molecule has 1 aromatic heterocycles. The number of nitrogens with two attached hydrogens (primary N) is 1. The Hall–Kier alpha value is -1.84. The lowest BCUT2D eigenvalue weighted by atomic mass is 10.0. The van der Waals surface area contributed by atoms with Gasteiger partial charge >= 0.3 is 0 Å². The van der Waals surface area contributed by atoms with Crippen molar-refractivity contribution in [1.82, 2.24) is 5.16 Å². The second-order valence-electron chi connectivity index (χ2n) is 4.03. The standard InChI is InChI=1S/C12H11FN2O/c13-12-8-3-1-2-7(8)4-5-9(12)10-6-11(14)16-15-10/h4-6H,1-3,14H2. The molecule has 0 atom stereocenters. The van der Waals surface area contributed by atoms with Gasteiger partial charge in [-0.2, -0.15) is 0 Å². The highest BCUT2D eigenvalue weighted by Crippen LogP contribution is 2.31. The molecule has 82 valence electrons. The average Bonchev–Trinajstić information content (AvgIpc) is 2.87. The van der Waals surface area contributed by atoms with Crippen molar-refractivity contribution in [2.24, 2.45) is 0 Å². The third-order valence-corrected chi connectivity index (χ3v) is 3.02. The largest absolute Gasteiger partial charge is 0.368 e. The van der Waals surface area contributed by atoms with Crippen LogP contribution in [0, 0.1) is 5.82 Å². The van der Waals surface area contributed by atoms with E-state index in [4.69, 9.17) is 10.3 Å². The van der Waals surface area contributed by atoms with Gasteiger partial charge in [-0.05, 0) is 36.5 Å². The van der Waals surface area contributed by atoms with Crippen LogP contribution in [0.2, 0.25) is 0 Å². The van der Waals surface area contributed by atoms with Gasteiger partial charge < -0.3 is 10.3 Å². The fourth-order valence-corrected chi connectivity index (χ4v) is 2.24. The zero-order valence-corrected chi connectivity index (χ0v) is 8.66. The fourth-order valence-electron chi connectivity index (χ4n) is 2.24. The van der Waals surface area contributed by atoms with Crippen molar-refractivity contribution in [3.8, 4) is 11.3 Å². The predicted octanol–water partition coefficient (Wildman–Crippen LogP) is 2.55. The normalized spacial score (nSPS) is 14.1. The zero-order chi connectivity index (χ0) is 11.1. The van der Waals surface area contributed by atoms with E-state index in [-0.39, 0.29) is 11.7 Å². The van der Waals surface area contributed by atoms with Crippen LogP contribution in [0.3, 0.4) is 0 Å². The summed E-state index contributed by atoms with van der Waals surface area (Å²) in [6.45, 7) is 0. The lowest BCUT2D eigenvalue weighted by molar-refractivity contribution is 0.438. The zero-order valence-electron chi connectivity index (χ0n) is 8.66. The Kier molecular flexibility index (Phi) is 1.96. The smallest absolute Gasteiger partial charge is 0.222 e. The summed E-state index contributed by atoms with van der Waals surface area (Å²) in [6.07, 6.45) is 2.80. The van der Waals surface area contributed by atoms with E-state index in [1.807, 2.05) is 6.07 Å². The first-order valence-electron chi connectivity index (χ1n) is 5.28. The van der Waals surface area contributed by atoms with E-state index in [0.717, 1.165) is 30.4 Å². The lowest BCUT2D eigenvalue weighted by Crippen LogP contribution is -1.93. The van der Waals surface area contributed by atoms with E-state index < -0.39 is 0 Å². The maximum atomic E-state index is 14.1. The highest BCUT2D eigenvalue weighted by atomic mass is 19.1. The van der Waals surface area contributed by atoms with Crippen molar-refractivity contribution >= 4 is 5.88 Å². The van der Waals surface area contributed by atoms with Crippen LogP contribution in [-0.4, -0.2) is 5.16 Å². The second-order valence-corrected chi connectivity index (χ2v) is 4.03. The molecule has 0 fully saturated rings. The van der Waals surface area contributed by atoms with Crippen LogP contribution in [-0.2, 0) is 12.8 Å². The van der Waals surface area contributed by atoms with Crippen molar-refractivity contribution in [2.45, 2.75) is 19.3 Å². The van der Waals surface area contributed by atoms with Gasteiger partial charge in [0.05, 0.1) is 0 Å². The van der Waals surface area contributed by atoms with E-state index in [0.29, 0.717) is 11.3 Å². The average molecular weight is 218 g/mol. The Morgan fingerprint density at radius 1 is 1.31 bits per heavy atom. The number of aryl methyl sites for hydroxylation is 1. The van der Waals surface area contributed by atoms with Gasteiger partial charge in [-0.3, -0.25) is 0 Å². The van der Waals surface area contributed by atoms with Crippen LogP contribution in [0.25, 0.3) is 11.3 Å². The Morgan fingerprint density at radius 3 is 2.94 bits per heavy atom. The molecule has 1 aliphatic rings. The van der Waals surface area contributed by atoms with Crippen molar-refractivity contribution in [3.63, 3.8) is 0 Å². The summed E-state index contributed by atoms with van der Waals surface area (Å²) in [6, 6.07) is 5.25. The Labute approximate surface area is 92.0 Å². The van der Waals surface area contributed by atoms with Crippen LogP contribution in [0.4, 0.5) is 10.3 Å². The van der Waals surface area contributed by atoms with Crippen LogP contribution in [0.15, 0.2) is 22.7 Å². The first-order valence-corrected chi connectivity index (χ1v) is 5.28. The highest BCUT2D eigenvalue weighted by Gasteiger charge is 2.20. The predicted molar refractivity (Wildman–Crippen MR) is 58.3 cm³/mol. The third kappa shape index (κ3) is 1.30. The Morgan fingerprint density at radius 2 is 2.19 bits per heavy atom. The van der Waals surface area contributed by atoms with Crippen LogP contribution >= 0.6 is 0 Å². The van der Waals surface area contributed by atoms with Crippen molar-refractivity contribution in [1.29, 1.82) is 0 Å². The van der Waals surface area contributed by atoms with Crippen molar-refractivity contribution < 1.29 is 8.91 Å². The molecule has 0 bridgehead atoms. The number of fused-ring (bicyclic) bond motifs is 1. The third-order valence-electron chi connectivity index (χ3n) is 3.02. The molecule has 0 unspecified atom stereocenters. The second kappa shape index (κ2) is 3.33. The number of nitrogen functional groups attached to an aromatic ring is 1. The van der Waals surface area contributed by atoms with Crippen molar-refractivity contribution in [3.05, 3.63) is 35.1 Å². The molecule has 3 nitrogen and oxygen atoms in total. The van der Waals surface area contributed by atoms with Gasteiger partial charge in [-0.15, -0.1) is 0 Å². The SMILES string of the molecule is Nc1cc(-c2ccc3c(c2F)CCC3)no1. The summed E-state index contributed by atoms with van der Waals surface area (Å²) in [5.74, 6) is 0.0261. The summed E-state index contributed by atoms with van der Waals surface area (Å²) in [4.78, 5) is 0. The molecule has 0 aliphatic heterocycles. The van der Waals surface area contributed by atoms with Crippen LogP contribution < -0.4 is 5.73 Å². The lowest BCUT2D eigenvalue weighted by Gasteiger charge is -2.04. The van der Waals surface area contributed by atoms with Gasteiger partial charge in [0.1, 0.15) is 11.5 Å². The van der Waals surface area contributed by atoms with Gasteiger partial charge in [0.25, 0.3) is 0 Å². The maximum Gasteiger partial charge on any atom is 0.222 e. The molecule has 1 aliphatic carbocycles. The van der Waals surface area contributed by atoms with Gasteiger partial charge in [0.15, 0.2) is 0 Å². The van der Waals surface area contributed by atoms with Gasteiger partial charge in [0, 0.05) is 11.6 Å². The summed E-state index contributed by atoms with van der Waals surface area (Å²) in [5, 5.41) is 3.73. The number of nitrogens with zero attached hydrogens (tertiary/aromatic N) is 1. The van der Waals surface area contributed by atoms with Gasteiger partial charge in [-0.1, -0.05) is 11.2 Å². The van der Waals surface area contributed by atoms with Crippen LogP contribution in [0.1, 0.15) is 17.5 Å². The summed E-state index contributed by atoms with van der Waals surface area (Å²) >= 11 is 0. The van der Waals surface area contributed by atoms with Gasteiger partial charge in [0.2, 0.25) is 5.88 Å². The maximum absolute atomic E-state index is 14.1. The van der Waals surface area contributed by atoms with E-state index in [9.17, 15) is 4.39 Å². The first-order chi connectivity index (χ1) is 7.75. The van der Waals surface area contributed by atoms with Crippen molar-refractivity contribution in [2.75, 3.05) is 5.73 Å². The monoisotopic (exact) mass is 218 g/mol. The first kappa shape index (κ1) is 9.39. The number of hydrogen-bond donors (Lipinski definition) is 1. The minimum absolute atomic E-state index is 0.177. The molecule has 16 heavy (non-hydrogen) atoms. The molecule has 1 heterocycles. The molecule has 3 rings (SSSR count). The molecule has 2 N–H and O–H groups in total. The number of hydrogen-bond acceptors (Lipinski definition) is 3. The quantitative estimate of drug-likeness (QED) is 0.800. The van der Waals surface area contributed by atoms with E-state index >= 15 is 0 Å². The number of benzene rings is 1. The summed E-state index contributed by atoms with van der Waals surface area (Å²) < 4.78 is 18.9. The number of rotatable bonds is 1. The molecule has 0 amide bonds. The summed E-state index contributed by atoms with van der Waals surface area (Å²) in [5.41, 5.74) is 8.29. The Bertz CT molecular complexity index is 548. The van der Waals surface area contributed by atoms with Gasteiger partial charge in [-0.25, -0.2) is 4.39 Å². The number of anilines is 1. The molecule has 0 radical (unpaired) electrons. The molecular weight excluding hydrogens is 207 g/mol. The van der Waals surface area contributed by atoms with E-state index in [1.54, 1.807) is 12.1 Å². The summed E-state index contributed by atoms with van der Waals surface area (Å²) in [7, 11) is 0. The molecule has 1 aromatic carbocycles. The molecule has 0 saturated heterocycles. The molecular formula is C12H11FN2O. The van der Waals surface area contributed by atoms with E-state index in [1.165, 1.54) is 0 Å². The molecule has 0 saturated carbocycles. The molecule has 2 aromatic rings.